The Balaban J connectivity index is 2.17. The lowest BCUT2D eigenvalue weighted by atomic mass is 10.2. The molecule has 4 nitrogen and oxygen atoms in total. The second-order valence-corrected chi connectivity index (χ2v) is 2.85. The summed E-state index contributed by atoms with van der Waals surface area (Å²) in [7, 11) is 0. The first-order valence-corrected chi connectivity index (χ1v) is 4.19. The second-order valence-electron chi connectivity index (χ2n) is 2.85. The van der Waals surface area contributed by atoms with E-state index < -0.39 is 5.97 Å². The summed E-state index contributed by atoms with van der Waals surface area (Å²) >= 11 is 0. The first kappa shape index (κ1) is 9.06. The number of hydrogen-bond acceptors (Lipinski definition) is 3. The summed E-state index contributed by atoms with van der Waals surface area (Å²) in [6, 6.07) is 0. The summed E-state index contributed by atoms with van der Waals surface area (Å²) in [5.41, 5.74) is 2.92. The van der Waals surface area contributed by atoms with E-state index in [1.165, 1.54) is 25.5 Å². The van der Waals surface area contributed by atoms with Crippen molar-refractivity contribution in [2.24, 2.45) is 0 Å². The number of hydrogen-bond donors (Lipinski definition) is 2. The molecule has 0 atom stereocenters. The Bertz CT molecular complexity index is 174. The summed E-state index contributed by atoms with van der Waals surface area (Å²) < 4.78 is 0. The van der Waals surface area contributed by atoms with Gasteiger partial charge in [-0.1, -0.05) is 6.42 Å². The van der Waals surface area contributed by atoms with Crippen molar-refractivity contribution in [1.82, 2.24) is 10.4 Å². The number of carboxylic acid groups (broad SMARTS) is 1. The minimum Gasteiger partial charge on any atom is -0.478 e. The van der Waals surface area contributed by atoms with Crippen molar-refractivity contribution in [3.05, 3.63) is 12.3 Å². The van der Waals surface area contributed by atoms with Gasteiger partial charge in [0.05, 0.1) is 0 Å². The van der Waals surface area contributed by atoms with Crippen molar-refractivity contribution in [3.8, 4) is 0 Å². The van der Waals surface area contributed by atoms with Crippen LogP contribution >= 0.6 is 0 Å². The van der Waals surface area contributed by atoms with Crippen LogP contribution in [0.25, 0.3) is 0 Å². The third-order valence-electron chi connectivity index (χ3n) is 1.84. The number of piperidine rings is 1. The van der Waals surface area contributed by atoms with E-state index in [0.29, 0.717) is 0 Å². The van der Waals surface area contributed by atoms with E-state index in [1.807, 2.05) is 5.01 Å². The molecule has 0 bridgehead atoms. The Labute approximate surface area is 71.8 Å². The normalized spacial score (nSPS) is 19.7. The molecular formula is C8H14N2O2. The summed E-state index contributed by atoms with van der Waals surface area (Å²) in [6.07, 6.45) is 6.23. The third kappa shape index (κ3) is 3.39. The SMILES string of the molecule is O=C(O)/C=C/NN1CCCCC1. The maximum absolute atomic E-state index is 10.1. The second kappa shape index (κ2) is 4.77. The highest BCUT2D eigenvalue weighted by atomic mass is 16.4. The fraction of sp³-hybridized carbons (Fsp3) is 0.625. The zero-order valence-corrected chi connectivity index (χ0v) is 6.99. The first-order valence-electron chi connectivity index (χ1n) is 4.19. The van der Waals surface area contributed by atoms with E-state index in [4.69, 9.17) is 5.11 Å². The minimum atomic E-state index is -0.917. The van der Waals surface area contributed by atoms with Gasteiger partial charge in [0, 0.05) is 25.4 Å². The molecule has 4 heteroatoms. The molecule has 1 heterocycles. The molecule has 12 heavy (non-hydrogen) atoms. The van der Waals surface area contributed by atoms with Gasteiger partial charge in [-0.05, 0) is 12.8 Å². The molecule has 0 unspecified atom stereocenters. The van der Waals surface area contributed by atoms with E-state index in [0.717, 1.165) is 19.2 Å². The largest absolute Gasteiger partial charge is 0.478 e. The highest BCUT2D eigenvalue weighted by Gasteiger charge is 2.06. The standard InChI is InChI=1S/C8H14N2O2/c11-8(12)4-5-9-10-6-2-1-3-7-10/h4-5,9H,1-3,6-7H2,(H,11,12)/b5-4+. The summed E-state index contributed by atoms with van der Waals surface area (Å²) in [5, 5.41) is 10.3. The van der Waals surface area contributed by atoms with Crippen molar-refractivity contribution in [2.45, 2.75) is 19.3 Å². The van der Waals surface area contributed by atoms with Crippen LogP contribution in [0.5, 0.6) is 0 Å². The monoisotopic (exact) mass is 170 g/mol. The zero-order valence-electron chi connectivity index (χ0n) is 6.99. The molecule has 68 valence electrons. The average Bonchev–Trinajstić information content (AvgIpc) is 2.05. The van der Waals surface area contributed by atoms with Gasteiger partial charge in [0.25, 0.3) is 0 Å². The number of nitrogens with zero attached hydrogens (tertiary/aromatic N) is 1. The molecule has 0 aromatic rings. The number of hydrazine groups is 1. The van der Waals surface area contributed by atoms with E-state index >= 15 is 0 Å². The molecule has 2 N–H and O–H groups in total. The number of carbonyl (C=O) groups is 1. The molecule has 0 amide bonds. The number of carboxylic acids is 1. The molecule has 1 aliphatic heterocycles. The van der Waals surface area contributed by atoms with E-state index in [9.17, 15) is 4.79 Å². The van der Waals surface area contributed by atoms with Gasteiger partial charge in [-0.25, -0.2) is 9.80 Å². The molecule has 1 saturated heterocycles. The Morgan fingerprint density at radius 2 is 2.00 bits per heavy atom. The molecule has 1 rings (SSSR count). The molecule has 0 aromatic heterocycles. The Hall–Kier alpha value is -1.03. The van der Waals surface area contributed by atoms with E-state index in [2.05, 4.69) is 5.43 Å². The van der Waals surface area contributed by atoms with Crippen LogP contribution in [0.3, 0.4) is 0 Å². The summed E-state index contributed by atoms with van der Waals surface area (Å²) in [5.74, 6) is -0.917. The average molecular weight is 170 g/mol. The quantitative estimate of drug-likeness (QED) is 0.608. The molecule has 0 aliphatic carbocycles. The molecular weight excluding hydrogens is 156 g/mol. The molecule has 0 radical (unpaired) electrons. The fourth-order valence-corrected chi connectivity index (χ4v) is 1.24. The van der Waals surface area contributed by atoms with Crippen molar-refractivity contribution >= 4 is 5.97 Å². The smallest absolute Gasteiger partial charge is 0.329 e. The van der Waals surface area contributed by atoms with Gasteiger partial charge >= 0.3 is 5.97 Å². The Morgan fingerprint density at radius 3 is 2.58 bits per heavy atom. The Kier molecular flexibility index (Phi) is 3.60. The maximum Gasteiger partial charge on any atom is 0.329 e. The Morgan fingerprint density at radius 1 is 1.33 bits per heavy atom. The highest BCUT2D eigenvalue weighted by Crippen LogP contribution is 2.05. The van der Waals surface area contributed by atoms with Crippen molar-refractivity contribution < 1.29 is 9.90 Å². The van der Waals surface area contributed by atoms with Crippen LogP contribution in [0.1, 0.15) is 19.3 Å². The predicted octanol–water partition coefficient (Wildman–Crippen LogP) is 0.575. The lowest BCUT2D eigenvalue weighted by Gasteiger charge is -2.25. The van der Waals surface area contributed by atoms with E-state index in [1.54, 1.807) is 0 Å². The van der Waals surface area contributed by atoms with Crippen LogP contribution in [0.2, 0.25) is 0 Å². The number of nitrogens with one attached hydrogen (secondary N) is 1. The van der Waals surface area contributed by atoms with Crippen LogP contribution in [-0.2, 0) is 4.79 Å². The van der Waals surface area contributed by atoms with Crippen LogP contribution in [-0.4, -0.2) is 29.2 Å². The van der Waals surface area contributed by atoms with Crippen LogP contribution in [0.4, 0.5) is 0 Å². The van der Waals surface area contributed by atoms with Crippen molar-refractivity contribution in [1.29, 1.82) is 0 Å². The summed E-state index contributed by atoms with van der Waals surface area (Å²) in [4.78, 5) is 10.1. The van der Waals surface area contributed by atoms with Crippen LogP contribution in [0, 0.1) is 0 Å². The molecule has 1 aliphatic rings. The molecule has 0 saturated carbocycles. The first-order chi connectivity index (χ1) is 5.79. The molecule has 0 spiro atoms. The van der Waals surface area contributed by atoms with Crippen LogP contribution in [0.15, 0.2) is 12.3 Å². The van der Waals surface area contributed by atoms with Gasteiger partial charge in [-0.2, -0.15) is 0 Å². The van der Waals surface area contributed by atoms with Crippen molar-refractivity contribution in [3.63, 3.8) is 0 Å². The van der Waals surface area contributed by atoms with Crippen molar-refractivity contribution in [2.75, 3.05) is 13.1 Å². The predicted molar refractivity (Wildman–Crippen MR) is 45.3 cm³/mol. The lowest BCUT2D eigenvalue weighted by molar-refractivity contribution is -0.131. The number of aliphatic carboxylic acids is 1. The minimum absolute atomic E-state index is 0.917. The summed E-state index contributed by atoms with van der Waals surface area (Å²) in [6.45, 7) is 2.01. The lowest BCUT2D eigenvalue weighted by Crippen LogP contribution is -2.38. The highest BCUT2D eigenvalue weighted by molar-refractivity contribution is 5.79. The third-order valence-corrected chi connectivity index (χ3v) is 1.84. The molecule has 0 aromatic carbocycles. The topological polar surface area (TPSA) is 52.6 Å². The van der Waals surface area contributed by atoms with Crippen LogP contribution < -0.4 is 5.43 Å². The fourth-order valence-electron chi connectivity index (χ4n) is 1.24. The van der Waals surface area contributed by atoms with E-state index in [-0.39, 0.29) is 0 Å². The van der Waals surface area contributed by atoms with Gasteiger partial charge in [0.2, 0.25) is 0 Å². The zero-order chi connectivity index (χ0) is 8.81. The van der Waals surface area contributed by atoms with Gasteiger partial charge in [-0.15, -0.1) is 0 Å². The van der Waals surface area contributed by atoms with Gasteiger partial charge in [-0.3, -0.25) is 0 Å². The van der Waals surface area contributed by atoms with Gasteiger partial charge in [0.15, 0.2) is 0 Å². The van der Waals surface area contributed by atoms with Gasteiger partial charge in [0.1, 0.15) is 0 Å². The number of rotatable bonds is 3. The maximum atomic E-state index is 10.1. The molecule has 1 fully saturated rings. The van der Waals surface area contributed by atoms with Gasteiger partial charge < -0.3 is 10.5 Å².